The number of thioether (sulfide) groups is 1. The van der Waals surface area contributed by atoms with E-state index in [9.17, 15) is 18.0 Å². The predicted molar refractivity (Wildman–Crippen MR) is 120 cm³/mol. The molecule has 0 aromatic heterocycles. The molecule has 0 spiro atoms. The monoisotopic (exact) mass is 485 g/mol. The number of hydrogen-bond acceptors (Lipinski definition) is 5. The maximum absolute atomic E-state index is 12.7. The van der Waals surface area contributed by atoms with Crippen molar-refractivity contribution >= 4 is 67.7 Å². The number of nitrogens with zero attached hydrogens (tertiary/aromatic N) is 2. The number of anilines is 1. The Bertz CT molecular complexity index is 1090. The van der Waals surface area contributed by atoms with Crippen LogP contribution in [-0.4, -0.2) is 42.1 Å². The third-order valence-corrected chi connectivity index (χ3v) is 7.22. The molecule has 0 saturated carbocycles. The van der Waals surface area contributed by atoms with Gasteiger partial charge in [-0.2, -0.15) is 8.42 Å². The molecule has 158 valence electrons. The van der Waals surface area contributed by atoms with Gasteiger partial charge in [-0.05, 0) is 55.5 Å². The summed E-state index contributed by atoms with van der Waals surface area (Å²) >= 11 is 12.6. The quantitative estimate of drug-likeness (QED) is 0.665. The molecule has 0 bridgehead atoms. The average Bonchev–Trinajstić information content (AvgIpc) is 2.97. The maximum atomic E-state index is 12.7. The first kappa shape index (κ1) is 22.6. The largest absolute Gasteiger partial charge is 0.326 e. The van der Waals surface area contributed by atoms with Gasteiger partial charge in [-0.25, -0.2) is 0 Å². The van der Waals surface area contributed by atoms with E-state index < -0.39 is 15.3 Å². The van der Waals surface area contributed by atoms with Crippen molar-refractivity contribution in [3.63, 3.8) is 0 Å². The molecule has 3 rings (SSSR count). The smallest absolute Gasteiger partial charge is 0.284 e. The fourth-order valence-electron chi connectivity index (χ4n) is 2.68. The highest BCUT2D eigenvalue weighted by molar-refractivity contribution is 8.16. The van der Waals surface area contributed by atoms with E-state index in [4.69, 9.17) is 23.2 Å². The first-order valence-corrected chi connectivity index (χ1v) is 11.9. The Morgan fingerprint density at radius 1 is 1.10 bits per heavy atom. The van der Waals surface area contributed by atoms with E-state index in [1.54, 1.807) is 31.2 Å². The van der Waals surface area contributed by atoms with Gasteiger partial charge < -0.3 is 5.32 Å². The maximum Gasteiger partial charge on any atom is 0.284 e. The van der Waals surface area contributed by atoms with Crippen LogP contribution in [0.15, 0.2) is 57.8 Å². The topological polar surface area (TPSA) is 95.9 Å². The van der Waals surface area contributed by atoms with Crippen LogP contribution in [0.4, 0.5) is 5.69 Å². The number of amidine groups is 1. The van der Waals surface area contributed by atoms with Crippen LogP contribution in [0.5, 0.6) is 0 Å². The highest BCUT2D eigenvalue weighted by Gasteiger charge is 2.39. The molecule has 1 saturated heterocycles. The van der Waals surface area contributed by atoms with E-state index in [1.165, 1.54) is 29.2 Å². The fourth-order valence-corrected chi connectivity index (χ4v) is 5.35. The van der Waals surface area contributed by atoms with Crippen molar-refractivity contribution in [2.45, 2.75) is 23.5 Å². The van der Waals surface area contributed by atoms with Crippen LogP contribution in [0.3, 0.4) is 0 Å². The Balaban J connectivity index is 1.75. The Labute approximate surface area is 188 Å². The number of hydrogen-bond donors (Lipinski definition) is 1. The molecule has 1 aliphatic rings. The van der Waals surface area contributed by atoms with E-state index in [1.807, 2.05) is 0 Å². The van der Waals surface area contributed by atoms with Crippen molar-refractivity contribution in [3.05, 3.63) is 58.6 Å². The summed E-state index contributed by atoms with van der Waals surface area (Å²) in [6.07, 6.45) is -0.122. The number of halogens is 2. The molecule has 1 atom stereocenters. The fraction of sp³-hybridized carbons (Fsp3) is 0.211. The molecule has 0 unspecified atom stereocenters. The normalized spacial score (nSPS) is 18.1. The predicted octanol–water partition coefficient (Wildman–Crippen LogP) is 4.03. The second-order valence-corrected chi connectivity index (χ2v) is 9.90. The van der Waals surface area contributed by atoms with E-state index in [0.29, 0.717) is 15.7 Å². The average molecular weight is 486 g/mol. The summed E-state index contributed by atoms with van der Waals surface area (Å²) in [6, 6.07) is 12.1. The lowest BCUT2D eigenvalue weighted by Gasteiger charge is -2.13. The number of carbonyl (C=O) groups excluding carboxylic acids is 2. The Kier molecular flexibility index (Phi) is 7.07. The van der Waals surface area contributed by atoms with Crippen LogP contribution >= 0.6 is 35.0 Å². The van der Waals surface area contributed by atoms with Crippen molar-refractivity contribution < 1.29 is 18.0 Å². The molecule has 1 heterocycles. The van der Waals surface area contributed by atoms with Crippen molar-refractivity contribution in [1.29, 1.82) is 0 Å². The Morgan fingerprint density at radius 2 is 1.67 bits per heavy atom. The summed E-state index contributed by atoms with van der Waals surface area (Å²) < 4.78 is 29.0. The highest BCUT2D eigenvalue weighted by Crippen LogP contribution is 2.31. The van der Waals surface area contributed by atoms with Gasteiger partial charge in [-0.1, -0.05) is 35.0 Å². The van der Waals surface area contributed by atoms with Crippen molar-refractivity contribution in [1.82, 2.24) is 4.90 Å². The van der Waals surface area contributed by atoms with Gasteiger partial charge >= 0.3 is 0 Å². The van der Waals surface area contributed by atoms with Gasteiger partial charge in [0.25, 0.3) is 10.0 Å². The second kappa shape index (κ2) is 9.38. The lowest BCUT2D eigenvalue weighted by Crippen LogP contribution is -2.33. The number of carbonyl (C=O) groups is 2. The molecular weight excluding hydrogens is 469 g/mol. The first-order chi connectivity index (χ1) is 14.2. The third kappa shape index (κ3) is 5.34. The zero-order chi connectivity index (χ0) is 21.9. The number of sulfonamides is 1. The van der Waals surface area contributed by atoms with E-state index in [2.05, 4.69) is 9.71 Å². The van der Waals surface area contributed by atoms with Crippen LogP contribution < -0.4 is 5.32 Å². The van der Waals surface area contributed by atoms with E-state index in [-0.39, 0.29) is 34.8 Å². The third-order valence-electron chi connectivity index (χ3n) is 4.14. The molecular formula is C19H17Cl2N3O4S2. The molecule has 30 heavy (non-hydrogen) atoms. The van der Waals surface area contributed by atoms with Crippen LogP contribution in [-0.2, 0) is 19.6 Å². The summed E-state index contributed by atoms with van der Waals surface area (Å²) in [5, 5.41) is 2.90. The number of benzene rings is 2. The number of rotatable bonds is 6. The van der Waals surface area contributed by atoms with Gasteiger partial charge in [0.15, 0.2) is 5.17 Å². The minimum atomic E-state index is -4.03. The van der Waals surface area contributed by atoms with Crippen LogP contribution in [0.25, 0.3) is 0 Å². The van der Waals surface area contributed by atoms with Gasteiger partial charge in [0.2, 0.25) is 11.8 Å². The summed E-state index contributed by atoms with van der Waals surface area (Å²) in [7, 11) is -4.03. The standard InChI is InChI=1S/C19H17Cl2N3O4S2/c1-2-24-18(26)16(11-17(25)22-14-7-3-12(20)4-8-14)29-19(24)23-30(27,28)15-9-5-13(21)6-10-15/h3-10,16H,2,11H2,1H3,(H,22,25)/t16-/m0/s1. The minimum Gasteiger partial charge on any atom is -0.326 e. The minimum absolute atomic E-state index is 0.0348. The van der Waals surface area contributed by atoms with Gasteiger partial charge in [-0.3, -0.25) is 14.5 Å². The number of amides is 2. The van der Waals surface area contributed by atoms with Crippen LogP contribution in [0.1, 0.15) is 13.3 Å². The van der Waals surface area contributed by atoms with Gasteiger partial charge in [0.1, 0.15) is 5.25 Å². The molecule has 7 nitrogen and oxygen atoms in total. The summed E-state index contributed by atoms with van der Waals surface area (Å²) in [4.78, 5) is 26.2. The molecule has 2 aromatic rings. The molecule has 2 amide bonds. The van der Waals surface area contributed by atoms with Crippen molar-refractivity contribution in [3.8, 4) is 0 Å². The molecule has 1 aliphatic heterocycles. The summed E-state index contributed by atoms with van der Waals surface area (Å²) in [6.45, 7) is 1.94. The van der Waals surface area contributed by atoms with Gasteiger partial charge in [-0.15, -0.1) is 4.40 Å². The Morgan fingerprint density at radius 3 is 2.23 bits per heavy atom. The molecule has 11 heteroatoms. The summed E-state index contributed by atoms with van der Waals surface area (Å²) in [5.74, 6) is -0.736. The molecule has 1 N–H and O–H groups in total. The van der Waals surface area contributed by atoms with E-state index in [0.717, 1.165) is 11.8 Å². The van der Waals surface area contributed by atoms with Crippen LogP contribution in [0, 0.1) is 0 Å². The molecule has 0 radical (unpaired) electrons. The SMILES string of the molecule is CCN1C(=O)[C@H](CC(=O)Nc2ccc(Cl)cc2)SC1=NS(=O)(=O)c1ccc(Cl)cc1. The Hall–Kier alpha value is -2.07. The number of nitrogens with one attached hydrogen (secondary N) is 1. The van der Waals surface area contributed by atoms with Crippen molar-refractivity contribution in [2.24, 2.45) is 4.40 Å². The lowest BCUT2D eigenvalue weighted by molar-refractivity contribution is -0.128. The summed E-state index contributed by atoms with van der Waals surface area (Å²) in [5.41, 5.74) is 0.548. The molecule has 1 fully saturated rings. The van der Waals surface area contributed by atoms with Gasteiger partial charge in [0.05, 0.1) is 4.90 Å². The second-order valence-electron chi connectivity index (χ2n) is 6.25. The van der Waals surface area contributed by atoms with Crippen molar-refractivity contribution in [2.75, 3.05) is 11.9 Å². The van der Waals surface area contributed by atoms with Gasteiger partial charge in [0, 0.05) is 28.7 Å². The highest BCUT2D eigenvalue weighted by atomic mass is 35.5. The zero-order valence-corrected chi connectivity index (χ0v) is 18.9. The zero-order valence-electron chi connectivity index (χ0n) is 15.7. The first-order valence-electron chi connectivity index (χ1n) is 8.83. The van der Waals surface area contributed by atoms with Crippen LogP contribution in [0.2, 0.25) is 10.0 Å². The molecule has 0 aliphatic carbocycles. The lowest BCUT2D eigenvalue weighted by atomic mass is 10.2. The molecule has 2 aromatic carbocycles. The van der Waals surface area contributed by atoms with E-state index >= 15 is 0 Å².